The van der Waals surface area contributed by atoms with E-state index in [1.165, 1.54) is 33.3 Å². The van der Waals surface area contributed by atoms with Crippen molar-refractivity contribution in [3.8, 4) is 5.88 Å². The Bertz CT molecular complexity index is 813. The zero-order valence-corrected chi connectivity index (χ0v) is 15.7. The zero-order valence-electron chi connectivity index (χ0n) is 15.7. The van der Waals surface area contributed by atoms with E-state index < -0.39 is 5.97 Å². The van der Waals surface area contributed by atoms with E-state index in [4.69, 9.17) is 14.2 Å². The third-order valence-corrected chi connectivity index (χ3v) is 4.46. The Morgan fingerprint density at radius 1 is 1.11 bits per heavy atom. The SMILES string of the molecule is CO/C=C(\C(=O)OC)c1ccccc1COc1cccc(N2CCCC2)n1. The summed E-state index contributed by atoms with van der Waals surface area (Å²) in [7, 11) is 2.84. The number of methoxy groups -OCH3 is 2. The molecule has 6 nitrogen and oxygen atoms in total. The molecule has 0 unspecified atom stereocenters. The maximum atomic E-state index is 12.1. The lowest BCUT2D eigenvalue weighted by molar-refractivity contribution is -0.133. The van der Waals surface area contributed by atoms with Gasteiger partial charge in [0.05, 0.1) is 20.5 Å². The predicted molar refractivity (Wildman–Crippen MR) is 103 cm³/mol. The molecule has 0 aliphatic carbocycles. The van der Waals surface area contributed by atoms with Crippen LogP contribution >= 0.6 is 0 Å². The monoisotopic (exact) mass is 368 g/mol. The first-order valence-corrected chi connectivity index (χ1v) is 8.97. The highest BCUT2D eigenvalue weighted by atomic mass is 16.5. The summed E-state index contributed by atoms with van der Waals surface area (Å²) < 4.78 is 15.8. The molecular weight excluding hydrogens is 344 g/mol. The van der Waals surface area contributed by atoms with Crippen LogP contribution in [0.5, 0.6) is 5.88 Å². The Labute approximate surface area is 159 Å². The van der Waals surface area contributed by atoms with Crippen LogP contribution in [0.4, 0.5) is 5.82 Å². The van der Waals surface area contributed by atoms with Gasteiger partial charge >= 0.3 is 5.97 Å². The molecule has 1 aromatic heterocycles. The van der Waals surface area contributed by atoms with Gasteiger partial charge in [0, 0.05) is 19.2 Å². The number of esters is 1. The fourth-order valence-corrected chi connectivity index (χ4v) is 3.12. The maximum Gasteiger partial charge on any atom is 0.341 e. The number of benzene rings is 1. The van der Waals surface area contributed by atoms with Gasteiger partial charge in [0.1, 0.15) is 18.0 Å². The van der Waals surface area contributed by atoms with Crippen LogP contribution in [0.15, 0.2) is 48.7 Å². The number of carbonyl (C=O) groups is 1. The lowest BCUT2D eigenvalue weighted by Gasteiger charge is -2.17. The van der Waals surface area contributed by atoms with Crippen molar-refractivity contribution >= 4 is 17.4 Å². The third kappa shape index (κ3) is 4.58. The molecule has 2 heterocycles. The van der Waals surface area contributed by atoms with Gasteiger partial charge in [-0.2, -0.15) is 4.98 Å². The molecule has 0 N–H and O–H groups in total. The second-order valence-corrected chi connectivity index (χ2v) is 6.23. The van der Waals surface area contributed by atoms with Gasteiger partial charge in [0.25, 0.3) is 0 Å². The highest BCUT2D eigenvalue weighted by Gasteiger charge is 2.17. The Morgan fingerprint density at radius 3 is 2.63 bits per heavy atom. The van der Waals surface area contributed by atoms with E-state index in [1.54, 1.807) is 0 Å². The summed E-state index contributed by atoms with van der Waals surface area (Å²) in [6.45, 7) is 2.35. The van der Waals surface area contributed by atoms with Crippen molar-refractivity contribution in [3.63, 3.8) is 0 Å². The van der Waals surface area contributed by atoms with Crippen molar-refractivity contribution in [1.29, 1.82) is 0 Å². The first kappa shape index (κ1) is 18.8. The van der Waals surface area contributed by atoms with Crippen LogP contribution < -0.4 is 9.64 Å². The Hall–Kier alpha value is -3.02. The van der Waals surface area contributed by atoms with E-state index in [9.17, 15) is 4.79 Å². The number of rotatable bonds is 7. The van der Waals surface area contributed by atoms with E-state index in [1.807, 2.05) is 42.5 Å². The number of hydrogen-bond donors (Lipinski definition) is 0. The van der Waals surface area contributed by atoms with Gasteiger partial charge in [0.15, 0.2) is 0 Å². The summed E-state index contributed by atoms with van der Waals surface area (Å²) in [5, 5.41) is 0. The maximum absolute atomic E-state index is 12.1. The fraction of sp³-hybridized carbons (Fsp3) is 0.333. The first-order chi connectivity index (χ1) is 13.2. The van der Waals surface area contributed by atoms with Gasteiger partial charge in [-0.3, -0.25) is 0 Å². The molecule has 0 amide bonds. The molecule has 0 spiro atoms. The number of pyridine rings is 1. The van der Waals surface area contributed by atoms with Crippen LogP contribution in [0.3, 0.4) is 0 Å². The molecule has 0 radical (unpaired) electrons. The van der Waals surface area contributed by atoms with Gasteiger partial charge < -0.3 is 19.1 Å². The Morgan fingerprint density at radius 2 is 1.89 bits per heavy atom. The quantitative estimate of drug-likeness (QED) is 0.424. The van der Waals surface area contributed by atoms with Crippen molar-refractivity contribution < 1.29 is 19.0 Å². The molecule has 0 saturated carbocycles. The van der Waals surface area contributed by atoms with Crippen molar-refractivity contribution in [1.82, 2.24) is 4.98 Å². The average molecular weight is 368 g/mol. The molecule has 1 aliphatic rings. The predicted octanol–water partition coefficient (Wildman–Crippen LogP) is 3.42. The minimum atomic E-state index is -0.460. The summed E-state index contributed by atoms with van der Waals surface area (Å²) in [6.07, 6.45) is 3.78. The summed E-state index contributed by atoms with van der Waals surface area (Å²) in [5.41, 5.74) is 1.90. The van der Waals surface area contributed by atoms with Crippen LogP contribution in [0.2, 0.25) is 0 Å². The van der Waals surface area contributed by atoms with E-state index in [0.29, 0.717) is 17.0 Å². The van der Waals surface area contributed by atoms with Crippen molar-refractivity contribution in [2.75, 3.05) is 32.2 Å². The summed E-state index contributed by atoms with van der Waals surface area (Å²) in [6, 6.07) is 13.3. The van der Waals surface area contributed by atoms with Gasteiger partial charge in [-0.15, -0.1) is 0 Å². The smallest absolute Gasteiger partial charge is 0.341 e. The first-order valence-electron chi connectivity index (χ1n) is 8.97. The molecule has 3 rings (SSSR count). The molecular formula is C21H24N2O4. The number of nitrogens with zero attached hydrogens (tertiary/aromatic N) is 2. The van der Waals surface area contributed by atoms with Gasteiger partial charge in [-0.05, 0) is 30.0 Å². The van der Waals surface area contributed by atoms with E-state index in [2.05, 4.69) is 9.88 Å². The van der Waals surface area contributed by atoms with E-state index in [0.717, 1.165) is 24.5 Å². The van der Waals surface area contributed by atoms with E-state index >= 15 is 0 Å². The molecule has 142 valence electrons. The number of carbonyl (C=O) groups excluding carboxylic acids is 1. The van der Waals surface area contributed by atoms with Crippen LogP contribution in [0.25, 0.3) is 5.57 Å². The van der Waals surface area contributed by atoms with Crippen LogP contribution in [0.1, 0.15) is 24.0 Å². The van der Waals surface area contributed by atoms with Crippen molar-refractivity contribution in [2.24, 2.45) is 0 Å². The zero-order chi connectivity index (χ0) is 19.1. The lowest BCUT2D eigenvalue weighted by Crippen LogP contribution is -2.19. The standard InChI is InChI=1S/C21H24N2O4/c1-25-15-18(21(24)26-2)17-9-4-3-8-16(17)14-27-20-11-7-10-19(22-20)23-12-5-6-13-23/h3-4,7-11,15H,5-6,12-14H2,1-2H3/b18-15-. The van der Waals surface area contributed by atoms with Gasteiger partial charge in [-0.25, -0.2) is 4.79 Å². The molecule has 1 fully saturated rings. The summed E-state index contributed by atoms with van der Waals surface area (Å²) in [4.78, 5) is 19.0. The van der Waals surface area contributed by atoms with Crippen molar-refractivity contribution in [3.05, 3.63) is 59.9 Å². The molecule has 1 aromatic carbocycles. The molecule has 0 atom stereocenters. The fourth-order valence-electron chi connectivity index (χ4n) is 3.12. The van der Waals surface area contributed by atoms with Crippen molar-refractivity contribution in [2.45, 2.75) is 19.4 Å². The highest BCUT2D eigenvalue weighted by Crippen LogP contribution is 2.24. The topological polar surface area (TPSA) is 60.9 Å². The van der Waals surface area contributed by atoms with Crippen LogP contribution in [-0.2, 0) is 20.9 Å². The lowest BCUT2D eigenvalue weighted by atomic mass is 10.0. The molecule has 2 aromatic rings. The second-order valence-electron chi connectivity index (χ2n) is 6.23. The minimum absolute atomic E-state index is 0.282. The number of anilines is 1. The summed E-state index contributed by atoms with van der Waals surface area (Å²) in [5.74, 6) is 1.04. The Kier molecular flexibility index (Phi) is 6.30. The minimum Gasteiger partial charge on any atom is -0.503 e. The largest absolute Gasteiger partial charge is 0.503 e. The van der Waals surface area contributed by atoms with Gasteiger partial charge in [0.2, 0.25) is 5.88 Å². The Balaban J connectivity index is 1.78. The molecule has 6 heteroatoms. The normalized spacial score (nSPS) is 14.1. The van der Waals surface area contributed by atoms with Crippen LogP contribution in [-0.4, -0.2) is 38.3 Å². The summed E-state index contributed by atoms with van der Waals surface area (Å²) >= 11 is 0. The second kappa shape index (κ2) is 9.07. The molecule has 27 heavy (non-hydrogen) atoms. The highest BCUT2D eigenvalue weighted by molar-refractivity contribution is 6.16. The van der Waals surface area contributed by atoms with Crippen LogP contribution in [0, 0.1) is 0 Å². The van der Waals surface area contributed by atoms with Gasteiger partial charge in [-0.1, -0.05) is 30.3 Å². The molecule has 0 bridgehead atoms. The average Bonchev–Trinajstić information content (AvgIpc) is 3.25. The third-order valence-electron chi connectivity index (χ3n) is 4.46. The number of hydrogen-bond acceptors (Lipinski definition) is 6. The molecule has 1 saturated heterocycles. The number of aromatic nitrogens is 1. The molecule has 1 aliphatic heterocycles. The van der Waals surface area contributed by atoms with E-state index in [-0.39, 0.29) is 6.61 Å². The number of ether oxygens (including phenoxy) is 3.